The average Bonchev–Trinajstić information content (AvgIpc) is 2.01. The van der Waals surface area contributed by atoms with Gasteiger partial charge >= 0.3 is 6.18 Å². The molecule has 0 bridgehead atoms. The highest BCUT2D eigenvalue weighted by atomic mass is 19.4. The van der Waals surface area contributed by atoms with Crippen molar-refractivity contribution in [1.29, 1.82) is 0 Å². The molecule has 13 heavy (non-hydrogen) atoms. The van der Waals surface area contributed by atoms with Gasteiger partial charge in [-0.05, 0) is 38.9 Å². The van der Waals surface area contributed by atoms with Crippen molar-refractivity contribution in [3.05, 3.63) is 0 Å². The Hall–Kier alpha value is -0.290. The fourth-order valence-electron chi connectivity index (χ4n) is 2.02. The predicted octanol–water partition coefficient (Wildman–Crippen LogP) is 1.22. The van der Waals surface area contributed by atoms with Gasteiger partial charge < -0.3 is 5.73 Å². The Bertz CT molecular complexity index is 169. The first-order valence-corrected chi connectivity index (χ1v) is 4.44. The van der Waals surface area contributed by atoms with Crippen LogP contribution in [0.3, 0.4) is 0 Å². The van der Waals surface area contributed by atoms with Crippen LogP contribution in [0.4, 0.5) is 13.2 Å². The van der Waals surface area contributed by atoms with Gasteiger partial charge in [0.1, 0.15) is 6.04 Å². The number of likely N-dealkylation sites (tertiary alicyclic amines) is 1. The van der Waals surface area contributed by atoms with Crippen LogP contribution < -0.4 is 5.73 Å². The fourth-order valence-corrected chi connectivity index (χ4v) is 2.02. The zero-order chi connectivity index (χ0) is 10.1. The molecule has 78 valence electrons. The molecule has 1 aliphatic heterocycles. The average molecular weight is 196 g/mol. The van der Waals surface area contributed by atoms with Crippen LogP contribution >= 0.6 is 0 Å². The summed E-state index contributed by atoms with van der Waals surface area (Å²) in [6, 6.07) is -1.34. The van der Waals surface area contributed by atoms with Gasteiger partial charge in [-0.15, -0.1) is 0 Å². The van der Waals surface area contributed by atoms with E-state index in [1.165, 1.54) is 11.9 Å². The lowest BCUT2D eigenvalue weighted by atomic mass is 9.89. The van der Waals surface area contributed by atoms with Crippen LogP contribution in [0.15, 0.2) is 0 Å². The molecule has 1 heterocycles. The van der Waals surface area contributed by atoms with Gasteiger partial charge in [0.2, 0.25) is 0 Å². The molecule has 2 atom stereocenters. The van der Waals surface area contributed by atoms with E-state index in [1.807, 2.05) is 0 Å². The van der Waals surface area contributed by atoms with Crippen molar-refractivity contribution in [2.75, 3.05) is 20.1 Å². The standard InChI is InChI=1S/C8H15F3N2/c1-13-4-2-3-6(5-12)7(13)8(9,10)11/h6-7H,2-5,12H2,1H3/t6-,7+/m0/s1. The molecule has 0 aromatic heterocycles. The van der Waals surface area contributed by atoms with Crippen LogP contribution in [0.25, 0.3) is 0 Å². The van der Waals surface area contributed by atoms with Crippen molar-refractivity contribution in [2.45, 2.75) is 25.1 Å². The lowest BCUT2D eigenvalue weighted by Gasteiger charge is -2.39. The maximum Gasteiger partial charge on any atom is 0.404 e. The largest absolute Gasteiger partial charge is 0.404 e. The SMILES string of the molecule is CN1CCC[C@@H](CN)[C@@H]1C(F)(F)F. The highest BCUT2D eigenvalue weighted by Crippen LogP contribution is 2.34. The first kappa shape index (κ1) is 10.8. The van der Waals surface area contributed by atoms with Gasteiger partial charge in [0.05, 0.1) is 0 Å². The molecule has 1 saturated heterocycles. The zero-order valence-corrected chi connectivity index (χ0v) is 7.64. The van der Waals surface area contributed by atoms with E-state index in [-0.39, 0.29) is 6.54 Å². The summed E-state index contributed by atoms with van der Waals surface area (Å²) in [4.78, 5) is 1.36. The van der Waals surface area contributed by atoms with E-state index >= 15 is 0 Å². The highest BCUT2D eigenvalue weighted by molar-refractivity contribution is 4.88. The Labute approximate surface area is 75.9 Å². The summed E-state index contributed by atoms with van der Waals surface area (Å²) in [6.07, 6.45) is -2.74. The van der Waals surface area contributed by atoms with E-state index < -0.39 is 18.1 Å². The van der Waals surface area contributed by atoms with Gasteiger partial charge in [-0.25, -0.2) is 0 Å². The molecule has 0 amide bonds. The van der Waals surface area contributed by atoms with E-state index in [4.69, 9.17) is 5.73 Å². The Kier molecular flexibility index (Phi) is 3.18. The number of rotatable bonds is 1. The molecule has 0 radical (unpaired) electrons. The maximum absolute atomic E-state index is 12.5. The first-order valence-electron chi connectivity index (χ1n) is 4.44. The van der Waals surface area contributed by atoms with Crippen molar-refractivity contribution in [2.24, 2.45) is 11.7 Å². The minimum Gasteiger partial charge on any atom is -0.330 e. The smallest absolute Gasteiger partial charge is 0.330 e. The molecule has 2 nitrogen and oxygen atoms in total. The van der Waals surface area contributed by atoms with E-state index in [9.17, 15) is 13.2 Å². The second-order valence-electron chi connectivity index (χ2n) is 3.61. The van der Waals surface area contributed by atoms with Crippen LogP contribution in [0.5, 0.6) is 0 Å². The molecule has 2 N–H and O–H groups in total. The van der Waals surface area contributed by atoms with Gasteiger partial charge in [0.25, 0.3) is 0 Å². The number of nitrogens with zero attached hydrogens (tertiary/aromatic N) is 1. The number of nitrogens with two attached hydrogens (primary N) is 1. The van der Waals surface area contributed by atoms with Gasteiger partial charge in [-0.1, -0.05) is 0 Å². The second-order valence-corrected chi connectivity index (χ2v) is 3.61. The number of piperidine rings is 1. The molecule has 1 rings (SSSR count). The third-order valence-electron chi connectivity index (χ3n) is 2.65. The van der Waals surface area contributed by atoms with Crippen LogP contribution in [-0.4, -0.2) is 37.3 Å². The molecule has 5 heteroatoms. The molecule has 0 aromatic carbocycles. The Morgan fingerprint density at radius 1 is 1.46 bits per heavy atom. The Morgan fingerprint density at radius 2 is 2.08 bits per heavy atom. The summed E-state index contributed by atoms with van der Waals surface area (Å²) in [5.74, 6) is -0.432. The topological polar surface area (TPSA) is 29.3 Å². The van der Waals surface area contributed by atoms with E-state index in [0.717, 1.165) is 6.42 Å². The number of hydrogen-bond acceptors (Lipinski definition) is 2. The first-order chi connectivity index (χ1) is 5.96. The molecular formula is C8H15F3N2. The predicted molar refractivity (Wildman–Crippen MR) is 44.3 cm³/mol. The molecule has 0 aromatic rings. The third-order valence-corrected chi connectivity index (χ3v) is 2.65. The lowest BCUT2D eigenvalue weighted by Crippen LogP contribution is -2.53. The monoisotopic (exact) mass is 196 g/mol. The quantitative estimate of drug-likeness (QED) is 0.683. The second kappa shape index (κ2) is 3.84. The van der Waals surface area contributed by atoms with Crippen molar-refractivity contribution in [3.63, 3.8) is 0 Å². The van der Waals surface area contributed by atoms with Crippen LogP contribution in [0.1, 0.15) is 12.8 Å². The summed E-state index contributed by atoms with van der Waals surface area (Å²) in [5, 5.41) is 0. The molecule has 1 fully saturated rings. The van der Waals surface area contributed by atoms with E-state index in [2.05, 4.69) is 0 Å². The lowest BCUT2D eigenvalue weighted by molar-refractivity contribution is -0.200. The highest BCUT2D eigenvalue weighted by Gasteiger charge is 2.47. The van der Waals surface area contributed by atoms with Crippen LogP contribution in [0, 0.1) is 5.92 Å². The van der Waals surface area contributed by atoms with E-state index in [1.54, 1.807) is 0 Å². The maximum atomic E-state index is 12.5. The van der Waals surface area contributed by atoms with Crippen molar-refractivity contribution < 1.29 is 13.2 Å². The van der Waals surface area contributed by atoms with Gasteiger partial charge in [-0.2, -0.15) is 13.2 Å². The minimum absolute atomic E-state index is 0.120. The van der Waals surface area contributed by atoms with Crippen molar-refractivity contribution in [1.82, 2.24) is 4.90 Å². The van der Waals surface area contributed by atoms with Gasteiger partial charge in [-0.3, -0.25) is 4.90 Å². The summed E-state index contributed by atoms with van der Waals surface area (Å²) < 4.78 is 37.6. The van der Waals surface area contributed by atoms with Gasteiger partial charge in [0.15, 0.2) is 0 Å². The third kappa shape index (κ3) is 2.34. The number of halogens is 3. The molecule has 0 unspecified atom stereocenters. The molecule has 0 saturated carbocycles. The van der Waals surface area contributed by atoms with Crippen LogP contribution in [-0.2, 0) is 0 Å². The summed E-state index contributed by atoms with van der Waals surface area (Å²) in [6.45, 7) is 0.634. The molecule has 0 aliphatic carbocycles. The minimum atomic E-state index is -4.14. The molecular weight excluding hydrogens is 181 g/mol. The van der Waals surface area contributed by atoms with Gasteiger partial charge in [0, 0.05) is 0 Å². The zero-order valence-electron chi connectivity index (χ0n) is 7.64. The molecule has 0 spiro atoms. The van der Waals surface area contributed by atoms with Crippen LogP contribution in [0.2, 0.25) is 0 Å². The van der Waals surface area contributed by atoms with Crippen molar-refractivity contribution in [3.8, 4) is 0 Å². The fraction of sp³-hybridized carbons (Fsp3) is 1.00. The summed E-state index contributed by atoms with van der Waals surface area (Å²) in [5.41, 5.74) is 5.33. The Morgan fingerprint density at radius 3 is 2.46 bits per heavy atom. The number of alkyl halides is 3. The number of hydrogen-bond donors (Lipinski definition) is 1. The van der Waals surface area contributed by atoms with E-state index in [0.29, 0.717) is 13.0 Å². The Balaban J connectivity index is 2.73. The summed E-state index contributed by atoms with van der Waals surface area (Å²) in [7, 11) is 1.51. The van der Waals surface area contributed by atoms with Crippen molar-refractivity contribution >= 4 is 0 Å². The summed E-state index contributed by atoms with van der Waals surface area (Å²) >= 11 is 0. The molecule has 1 aliphatic rings. The normalized spacial score (nSPS) is 32.1.